The van der Waals surface area contributed by atoms with Crippen LogP contribution in [0, 0.1) is 17.8 Å². The number of nitrogens with zero attached hydrogens (tertiary/aromatic N) is 2. The van der Waals surface area contributed by atoms with Gasteiger partial charge in [-0.05, 0) is 80.5 Å². The Kier molecular flexibility index (Phi) is 9.92. The molecule has 0 aromatic heterocycles. The Hall–Kier alpha value is -2.17. The largest absolute Gasteiger partial charge is 0.480 e. The number of hydrogen-bond acceptors (Lipinski definition) is 3. The number of aryl methyl sites for hydroxylation is 1. The number of aliphatic carboxylic acids is 1. The lowest BCUT2D eigenvalue weighted by atomic mass is 9.83. The molecule has 2 heterocycles. The second-order valence-electron chi connectivity index (χ2n) is 12.4. The minimum atomic E-state index is -0.600. The van der Waals surface area contributed by atoms with Crippen molar-refractivity contribution in [1.29, 1.82) is 0 Å². The molecule has 3 fully saturated rings. The zero-order valence-electron chi connectivity index (χ0n) is 23.2. The van der Waals surface area contributed by atoms with Crippen LogP contribution in [0.15, 0.2) is 60.7 Å². The van der Waals surface area contributed by atoms with E-state index in [9.17, 15) is 9.90 Å². The molecule has 0 radical (unpaired) electrons. The van der Waals surface area contributed by atoms with Crippen LogP contribution in [0.5, 0.6) is 0 Å². The molecule has 206 valence electrons. The molecule has 38 heavy (non-hydrogen) atoms. The average Bonchev–Trinajstić information content (AvgIpc) is 3.36. The SMILES string of the molecule is O=C(O)[C@@H](C1CCCCC1)N1C[C@H](CN2CCC(CCCCc3ccccc3)CC2)[C@@H](c2ccccc2)C1. The van der Waals surface area contributed by atoms with E-state index in [1.165, 1.54) is 82.0 Å². The lowest BCUT2D eigenvalue weighted by Gasteiger charge is -2.35. The minimum Gasteiger partial charge on any atom is -0.480 e. The van der Waals surface area contributed by atoms with Gasteiger partial charge < -0.3 is 10.0 Å². The van der Waals surface area contributed by atoms with Gasteiger partial charge in [-0.2, -0.15) is 0 Å². The number of carboxylic acids is 1. The lowest BCUT2D eigenvalue weighted by Crippen LogP contribution is -2.46. The van der Waals surface area contributed by atoms with Crippen molar-refractivity contribution in [3.8, 4) is 0 Å². The van der Waals surface area contributed by atoms with Crippen molar-refractivity contribution < 1.29 is 9.90 Å². The first-order valence-corrected chi connectivity index (χ1v) is 15.5. The molecular weight excluding hydrogens is 468 g/mol. The van der Waals surface area contributed by atoms with Gasteiger partial charge in [0.05, 0.1) is 0 Å². The highest BCUT2D eigenvalue weighted by atomic mass is 16.4. The molecule has 5 rings (SSSR count). The third kappa shape index (κ3) is 7.27. The summed E-state index contributed by atoms with van der Waals surface area (Å²) in [5.74, 6) is 1.52. The summed E-state index contributed by atoms with van der Waals surface area (Å²) in [6.07, 6.45) is 13.6. The Labute approximate surface area is 230 Å². The van der Waals surface area contributed by atoms with E-state index in [0.29, 0.717) is 17.8 Å². The van der Waals surface area contributed by atoms with Crippen LogP contribution in [0.2, 0.25) is 0 Å². The van der Waals surface area contributed by atoms with Crippen LogP contribution in [-0.4, -0.2) is 59.6 Å². The number of carbonyl (C=O) groups is 1. The normalized spacial score (nSPS) is 24.9. The molecule has 0 amide bonds. The topological polar surface area (TPSA) is 43.8 Å². The summed E-state index contributed by atoms with van der Waals surface area (Å²) in [4.78, 5) is 17.6. The molecule has 2 aromatic rings. The fraction of sp³-hybridized carbons (Fsp3) is 0.618. The van der Waals surface area contributed by atoms with E-state index in [4.69, 9.17) is 0 Å². The van der Waals surface area contributed by atoms with E-state index in [0.717, 1.165) is 38.4 Å². The monoisotopic (exact) mass is 516 g/mol. The fourth-order valence-corrected chi connectivity index (χ4v) is 7.70. The van der Waals surface area contributed by atoms with E-state index in [1.807, 2.05) is 0 Å². The van der Waals surface area contributed by atoms with Crippen molar-refractivity contribution in [2.45, 2.75) is 82.6 Å². The summed E-state index contributed by atoms with van der Waals surface area (Å²) >= 11 is 0. The predicted molar refractivity (Wildman–Crippen MR) is 155 cm³/mol. The summed E-state index contributed by atoms with van der Waals surface area (Å²) < 4.78 is 0. The Morgan fingerprint density at radius 2 is 1.53 bits per heavy atom. The van der Waals surface area contributed by atoms with Gasteiger partial charge in [0.2, 0.25) is 0 Å². The molecule has 3 aliphatic rings. The second kappa shape index (κ2) is 13.8. The average molecular weight is 517 g/mol. The van der Waals surface area contributed by atoms with Gasteiger partial charge in [0.25, 0.3) is 0 Å². The highest BCUT2D eigenvalue weighted by Gasteiger charge is 2.43. The van der Waals surface area contributed by atoms with E-state index in [1.54, 1.807) is 0 Å². The van der Waals surface area contributed by atoms with Gasteiger partial charge in [0.15, 0.2) is 0 Å². The molecule has 4 heteroatoms. The van der Waals surface area contributed by atoms with Gasteiger partial charge in [-0.1, -0.05) is 92.8 Å². The Balaban J connectivity index is 1.14. The van der Waals surface area contributed by atoms with Crippen LogP contribution in [0.4, 0.5) is 0 Å². The number of piperidine rings is 1. The van der Waals surface area contributed by atoms with Gasteiger partial charge in [0.1, 0.15) is 6.04 Å². The Morgan fingerprint density at radius 1 is 0.842 bits per heavy atom. The van der Waals surface area contributed by atoms with Gasteiger partial charge >= 0.3 is 5.97 Å². The van der Waals surface area contributed by atoms with Crippen LogP contribution >= 0.6 is 0 Å². The number of carboxylic acid groups (broad SMARTS) is 1. The number of hydrogen-bond donors (Lipinski definition) is 1. The molecule has 1 saturated carbocycles. The van der Waals surface area contributed by atoms with Crippen LogP contribution in [0.3, 0.4) is 0 Å². The highest BCUT2D eigenvalue weighted by molar-refractivity contribution is 5.74. The van der Waals surface area contributed by atoms with Crippen LogP contribution in [0.25, 0.3) is 0 Å². The molecule has 2 aromatic carbocycles. The molecule has 0 bridgehead atoms. The van der Waals surface area contributed by atoms with Gasteiger partial charge in [-0.15, -0.1) is 0 Å². The maximum absolute atomic E-state index is 12.5. The van der Waals surface area contributed by atoms with E-state index in [2.05, 4.69) is 70.5 Å². The number of likely N-dealkylation sites (tertiary alicyclic amines) is 2. The van der Waals surface area contributed by atoms with E-state index in [-0.39, 0.29) is 6.04 Å². The second-order valence-corrected chi connectivity index (χ2v) is 12.4. The van der Waals surface area contributed by atoms with Crippen molar-refractivity contribution in [1.82, 2.24) is 9.80 Å². The summed E-state index contributed by atoms with van der Waals surface area (Å²) in [6, 6.07) is 21.5. The standard InChI is InChI=1S/C34H48N2O2/c37-34(38)33(30-18-8-3-9-19-30)36-25-31(32(26-36)29-16-6-2-7-17-29)24-35-22-20-28(21-23-35)15-11-10-14-27-12-4-1-5-13-27/h1-2,4-7,12-13,16-17,28,30-33H,3,8-11,14-15,18-26H2,(H,37,38)/t31-,32+,33+/m0/s1. The van der Waals surface area contributed by atoms with Crippen molar-refractivity contribution in [3.05, 3.63) is 71.8 Å². The van der Waals surface area contributed by atoms with Gasteiger partial charge in [-0.25, -0.2) is 0 Å². The summed E-state index contributed by atoms with van der Waals surface area (Å²) in [5, 5.41) is 10.3. The first-order chi connectivity index (χ1) is 18.7. The van der Waals surface area contributed by atoms with E-state index < -0.39 is 5.97 Å². The maximum atomic E-state index is 12.5. The summed E-state index contributed by atoms with van der Waals surface area (Å²) in [5.41, 5.74) is 2.86. The fourth-order valence-electron chi connectivity index (χ4n) is 7.70. The van der Waals surface area contributed by atoms with Crippen LogP contribution in [-0.2, 0) is 11.2 Å². The Bertz CT molecular complexity index is 966. The maximum Gasteiger partial charge on any atom is 0.321 e. The lowest BCUT2D eigenvalue weighted by molar-refractivity contribution is -0.145. The first-order valence-electron chi connectivity index (χ1n) is 15.5. The van der Waals surface area contributed by atoms with Crippen LogP contribution < -0.4 is 0 Å². The smallest absolute Gasteiger partial charge is 0.321 e. The molecule has 1 aliphatic carbocycles. The number of benzene rings is 2. The predicted octanol–water partition coefficient (Wildman–Crippen LogP) is 6.86. The van der Waals surface area contributed by atoms with Gasteiger partial charge in [-0.3, -0.25) is 9.69 Å². The van der Waals surface area contributed by atoms with Crippen molar-refractivity contribution in [2.24, 2.45) is 17.8 Å². The summed E-state index contributed by atoms with van der Waals surface area (Å²) in [6.45, 7) is 5.32. The molecule has 2 aliphatic heterocycles. The highest BCUT2D eigenvalue weighted by Crippen LogP contribution is 2.38. The van der Waals surface area contributed by atoms with Crippen molar-refractivity contribution >= 4 is 5.97 Å². The van der Waals surface area contributed by atoms with Crippen molar-refractivity contribution in [3.63, 3.8) is 0 Å². The summed E-state index contributed by atoms with van der Waals surface area (Å²) in [7, 11) is 0. The number of rotatable bonds is 11. The molecule has 3 atom stereocenters. The minimum absolute atomic E-state index is 0.312. The zero-order valence-corrected chi connectivity index (χ0v) is 23.2. The van der Waals surface area contributed by atoms with Crippen molar-refractivity contribution in [2.75, 3.05) is 32.7 Å². The molecule has 0 unspecified atom stereocenters. The van der Waals surface area contributed by atoms with Crippen LogP contribution in [0.1, 0.15) is 81.3 Å². The molecule has 1 N–H and O–H groups in total. The molecule has 0 spiro atoms. The quantitative estimate of drug-likeness (QED) is 0.331. The number of unbranched alkanes of at least 4 members (excludes halogenated alkanes) is 1. The zero-order chi connectivity index (χ0) is 26.2. The van der Waals surface area contributed by atoms with Gasteiger partial charge in [0, 0.05) is 25.6 Å². The first kappa shape index (κ1) is 27.4. The Morgan fingerprint density at radius 3 is 2.21 bits per heavy atom. The molecule has 4 nitrogen and oxygen atoms in total. The molecule has 2 saturated heterocycles. The van der Waals surface area contributed by atoms with E-state index >= 15 is 0 Å². The third-order valence-electron chi connectivity index (χ3n) is 9.81. The third-order valence-corrected chi connectivity index (χ3v) is 9.81. The molecular formula is C34H48N2O2.